The molecule has 0 bridgehead atoms. The highest BCUT2D eigenvalue weighted by Crippen LogP contribution is 2.29. The SMILES string of the molecule is Cc1ccc2c(CNCc3cccc(F)c3)c(C(=O)O)n(Cc3cccc(F)c3)c2c1. The number of rotatable bonds is 7. The van der Waals surface area contributed by atoms with Gasteiger partial charge in [-0.15, -0.1) is 0 Å². The molecular formula is C25H22F2N2O2. The van der Waals surface area contributed by atoms with Crippen LogP contribution < -0.4 is 5.32 Å². The third-order valence-electron chi connectivity index (χ3n) is 5.28. The van der Waals surface area contributed by atoms with Crippen LogP contribution in [0.3, 0.4) is 0 Å². The quantitative estimate of drug-likeness (QED) is 0.429. The number of aromatic nitrogens is 1. The lowest BCUT2D eigenvalue weighted by Gasteiger charge is -2.10. The van der Waals surface area contributed by atoms with Gasteiger partial charge in [-0.1, -0.05) is 36.4 Å². The fraction of sp³-hybridized carbons (Fsp3) is 0.160. The van der Waals surface area contributed by atoms with Gasteiger partial charge in [-0.3, -0.25) is 0 Å². The minimum absolute atomic E-state index is 0.164. The largest absolute Gasteiger partial charge is 0.477 e. The molecule has 0 aliphatic rings. The number of hydrogen-bond donors (Lipinski definition) is 2. The first-order chi connectivity index (χ1) is 14.9. The molecule has 4 aromatic rings. The maximum Gasteiger partial charge on any atom is 0.352 e. The van der Waals surface area contributed by atoms with Crippen LogP contribution in [-0.4, -0.2) is 15.6 Å². The second-order valence-corrected chi connectivity index (χ2v) is 7.60. The van der Waals surface area contributed by atoms with Gasteiger partial charge in [0.15, 0.2) is 0 Å². The monoisotopic (exact) mass is 420 g/mol. The molecule has 0 atom stereocenters. The molecule has 6 heteroatoms. The molecule has 0 radical (unpaired) electrons. The standard InChI is InChI=1S/C25H22F2N2O2/c1-16-8-9-21-22(14-28-13-17-4-2-6-19(26)11-17)24(25(30)31)29(23(21)10-16)15-18-5-3-7-20(27)12-18/h2-12,28H,13-15H2,1H3,(H,30,31). The number of hydrogen-bond acceptors (Lipinski definition) is 2. The third kappa shape index (κ3) is 4.49. The van der Waals surface area contributed by atoms with Gasteiger partial charge in [-0.25, -0.2) is 13.6 Å². The molecule has 0 aliphatic heterocycles. The van der Waals surface area contributed by atoms with E-state index in [4.69, 9.17) is 0 Å². The summed E-state index contributed by atoms with van der Waals surface area (Å²) in [6.45, 7) is 2.89. The molecule has 158 valence electrons. The van der Waals surface area contributed by atoms with Crippen molar-refractivity contribution < 1.29 is 18.7 Å². The maximum absolute atomic E-state index is 13.7. The summed E-state index contributed by atoms with van der Waals surface area (Å²) in [5.74, 6) is -1.72. The van der Waals surface area contributed by atoms with Gasteiger partial charge in [0, 0.05) is 36.1 Å². The predicted molar refractivity (Wildman–Crippen MR) is 116 cm³/mol. The van der Waals surface area contributed by atoms with Gasteiger partial charge in [-0.2, -0.15) is 0 Å². The lowest BCUT2D eigenvalue weighted by Crippen LogP contribution is -2.17. The van der Waals surface area contributed by atoms with Crippen LogP contribution in [0, 0.1) is 18.6 Å². The van der Waals surface area contributed by atoms with Gasteiger partial charge < -0.3 is 15.0 Å². The van der Waals surface area contributed by atoms with E-state index in [9.17, 15) is 18.7 Å². The molecule has 4 rings (SSSR count). The smallest absolute Gasteiger partial charge is 0.352 e. The summed E-state index contributed by atoms with van der Waals surface area (Å²) in [4.78, 5) is 12.3. The number of aromatic carboxylic acids is 1. The Bertz CT molecular complexity index is 1260. The summed E-state index contributed by atoms with van der Waals surface area (Å²) in [7, 11) is 0. The van der Waals surface area contributed by atoms with Crippen LogP contribution in [0.5, 0.6) is 0 Å². The molecule has 0 amide bonds. The molecule has 4 nitrogen and oxygen atoms in total. The lowest BCUT2D eigenvalue weighted by atomic mass is 10.1. The van der Waals surface area contributed by atoms with Crippen molar-refractivity contribution >= 4 is 16.9 Å². The van der Waals surface area contributed by atoms with E-state index in [2.05, 4.69) is 5.32 Å². The van der Waals surface area contributed by atoms with Crippen molar-refractivity contribution in [2.24, 2.45) is 0 Å². The van der Waals surface area contributed by atoms with Crippen molar-refractivity contribution in [1.29, 1.82) is 0 Å². The minimum Gasteiger partial charge on any atom is -0.477 e. The number of halogens is 2. The van der Waals surface area contributed by atoms with Crippen molar-refractivity contribution in [2.75, 3.05) is 0 Å². The van der Waals surface area contributed by atoms with Crippen molar-refractivity contribution in [3.8, 4) is 0 Å². The average Bonchev–Trinajstić information content (AvgIpc) is 3.01. The summed E-state index contributed by atoms with van der Waals surface area (Å²) in [5.41, 5.74) is 4.05. The van der Waals surface area contributed by atoms with Crippen molar-refractivity contribution in [3.63, 3.8) is 0 Å². The number of aryl methyl sites for hydroxylation is 1. The van der Waals surface area contributed by atoms with E-state index in [0.717, 1.165) is 22.0 Å². The van der Waals surface area contributed by atoms with E-state index >= 15 is 0 Å². The van der Waals surface area contributed by atoms with Gasteiger partial charge in [0.05, 0.1) is 0 Å². The Morgan fingerprint density at radius 2 is 1.61 bits per heavy atom. The summed E-state index contributed by atoms with van der Waals surface area (Å²) < 4.78 is 28.9. The highest BCUT2D eigenvalue weighted by atomic mass is 19.1. The van der Waals surface area contributed by atoms with Crippen molar-refractivity contribution in [1.82, 2.24) is 9.88 Å². The molecule has 0 unspecified atom stereocenters. The lowest BCUT2D eigenvalue weighted by molar-refractivity contribution is 0.0684. The van der Waals surface area contributed by atoms with E-state index in [1.54, 1.807) is 22.8 Å². The summed E-state index contributed by atoms with van der Waals surface area (Å²) in [6.07, 6.45) is 0. The van der Waals surface area contributed by atoms with E-state index in [-0.39, 0.29) is 23.9 Å². The Morgan fingerprint density at radius 1 is 0.935 bits per heavy atom. The molecule has 31 heavy (non-hydrogen) atoms. The molecule has 1 heterocycles. The fourth-order valence-corrected chi connectivity index (χ4v) is 3.92. The summed E-state index contributed by atoms with van der Waals surface area (Å²) in [5, 5.41) is 14.1. The minimum atomic E-state index is -1.05. The Morgan fingerprint density at radius 3 is 2.29 bits per heavy atom. The number of nitrogens with zero attached hydrogens (tertiary/aromatic N) is 1. The maximum atomic E-state index is 13.7. The van der Waals surface area contributed by atoms with Crippen LogP contribution in [0.4, 0.5) is 8.78 Å². The molecule has 3 aromatic carbocycles. The Balaban J connectivity index is 1.73. The highest BCUT2D eigenvalue weighted by Gasteiger charge is 2.22. The molecule has 1 aromatic heterocycles. The zero-order valence-corrected chi connectivity index (χ0v) is 17.0. The first kappa shape index (κ1) is 20.8. The van der Waals surface area contributed by atoms with Crippen LogP contribution in [0.2, 0.25) is 0 Å². The normalized spacial score (nSPS) is 11.2. The number of carbonyl (C=O) groups is 1. The van der Waals surface area contributed by atoms with Crippen molar-refractivity contribution in [3.05, 3.63) is 106 Å². The van der Waals surface area contributed by atoms with Gasteiger partial charge in [-0.05, 0) is 53.9 Å². The molecule has 0 fully saturated rings. The predicted octanol–water partition coefficient (Wildman–Crippen LogP) is 5.26. The molecule has 0 saturated carbocycles. The van der Waals surface area contributed by atoms with E-state index in [1.165, 1.54) is 24.3 Å². The van der Waals surface area contributed by atoms with E-state index < -0.39 is 5.97 Å². The Labute approximate surface area is 178 Å². The number of fused-ring (bicyclic) bond motifs is 1. The van der Waals surface area contributed by atoms with E-state index in [1.807, 2.05) is 31.2 Å². The second-order valence-electron chi connectivity index (χ2n) is 7.60. The van der Waals surface area contributed by atoms with Gasteiger partial charge in [0.1, 0.15) is 17.3 Å². The number of carboxylic acid groups (broad SMARTS) is 1. The fourth-order valence-electron chi connectivity index (χ4n) is 3.92. The summed E-state index contributed by atoms with van der Waals surface area (Å²) in [6, 6.07) is 18.2. The topological polar surface area (TPSA) is 54.3 Å². The number of benzene rings is 3. The zero-order valence-electron chi connectivity index (χ0n) is 17.0. The molecule has 0 aliphatic carbocycles. The molecular weight excluding hydrogens is 398 g/mol. The van der Waals surface area contributed by atoms with Crippen LogP contribution in [0.25, 0.3) is 10.9 Å². The number of carboxylic acids is 1. The first-order valence-electron chi connectivity index (χ1n) is 9.97. The highest BCUT2D eigenvalue weighted by molar-refractivity contribution is 5.98. The van der Waals surface area contributed by atoms with E-state index in [0.29, 0.717) is 24.2 Å². The molecule has 0 spiro atoms. The van der Waals surface area contributed by atoms with Crippen LogP contribution in [0.1, 0.15) is 32.7 Å². The van der Waals surface area contributed by atoms with Crippen LogP contribution in [0.15, 0.2) is 66.7 Å². The summed E-state index contributed by atoms with van der Waals surface area (Å²) >= 11 is 0. The zero-order chi connectivity index (χ0) is 22.0. The second kappa shape index (κ2) is 8.70. The van der Waals surface area contributed by atoms with Gasteiger partial charge in [0.25, 0.3) is 0 Å². The molecule has 2 N–H and O–H groups in total. The first-order valence-corrected chi connectivity index (χ1v) is 9.97. The van der Waals surface area contributed by atoms with Gasteiger partial charge >= 0.3 is 5.97 Å². The Hall–Kier alpha value is -3.51. The van der Waals surface area contributed by atoms with Crippen LogP contribution >= 0.6 is 0 Å². The average molecular weight is 420 g/mol. The van der Waals surface area contributed by atoms with Gasteiger partial charge in [0.2, 0.25) is 0 Å². The van der Waals surface area contributed by atoms with Crippen molar-refractivity contribution in [2.45, 2.75) is 26.6 Å². The Kier molecular flexibility index (Phi) is 5.82. The number of nitrogens with one attached hydrogen (secondary N) is 1. The van der Waals surface area contributed by atoms with Crippen LogP contribution in [-0.2, 0) is 19.6 Å². The third-order valence-corrected chi connectivity index (χ3v) is 5.28. The molecule has 0 saturated heterocycles.